The summed E-state index contributed by atoms with van der Waals surface area (Å²) in [4.78, 5) is 25.6. The number of carboxylic acid groups (broad SMARTS) is 1. The maximum absolute atomic E-state index is 13.5. The molecule has 2 rings (SSSR count). The van der Waals surface area contributed by atoms with Crippen LogP contribution in [0.1, 0.15) is 39.7 Å². The number of carbonyl (C=O) groups is 2. The van der Waals surface area contributed by atoms with E-state index in [1.54, 1.807) is 36.1 Å². The van der Waals surface area contributed by atoms with Gasteiger partial charge < -0.3 is 24.8 Å². The van der Waals surface area contributed by atoms with E-state index in [1.807, 2.05) is 0 Å². The Morgan fingerprint density at radius 3 is 2.31 bits per heavy atom. The molecular formula is C26H34F2N2O5. The van der Waals surface area contributed by atoms with Crippen LogP contribution in [0, 0.1) is 17.0 Å². The van der Waals surface area contributed by atoms with Gasteiger partial charge in [-0.1, -0.05) is 32.9 Å². The fourth-order valence-corrected chi connectivity index (χ4v) is 3.19. The predicted molar refractivity (Wildman–Crippen MR) is 130 cm³/mol. The first kappa shape index (κ1) is 28.0. The van der Waals surface area contributed by atoms with Crippen LogP contribution in [0.2, 0.25) is 0 Å². The molecule has 0 fully saturated rings. The van der Waals surface area contributed by atoms with Gasteiger partial charge in [-0.2, -0.15) is 0 Å². The van der Waals surface area contributed by atoms with E-state index < -0.39 is 29.7 Å². The van der Waals surface area contributed by atoms with Crippen molar-refractivity contribution in [1.82, 2.24) is 4.90 Å². The van der Waals surface area contributed by atoms with Crippen molar-refractivity contribution in [3.05, 3.63) is 59.7 Å². The van der Waals surface area contributed by atoms with Crippen molar-refractivity contribution in [2.75, 3.05) is 31.6 Å². The number of halogens is 2. The second kappa shape index (κ2) is 13.0. The Bertz CT molecular complexity index is 977. The number of hydrogen-bond donors (Lipinski definition) is 2. The van der Waals surface area contributed by atoms with Crippen LogP contribution in [-0.2, 0) is 16.0 Å². The minimum atomic E-state index is -1.04. The standard InChI is InChI=1S/C26H34F2N2O5/c1-5-34-23(24(31)32)16-18-6-9-20(10-7-18)35-15-14-30(13-12-26(2,3)4)25(33)29-19-8-11-21(27)22(28)17-19/h6-11,17,23H,5,12-16H2,1-4H3,(H,29,33)(H,31,32). The van der Waals surface area contributed by atoms with Crippen molar-refractivity contribution < 1.29 is 33.0 Å². The third-order valence-corrected chi connectivity index (χ3v) is 5.21. The highest BCUT2D eigenvalue weighted by molar-refractivity contribution is 5.89. The number of rotatable bonds is 12. The Balaban J connectivity index is 1.96. The van der Waals surface area contributed by atoms with Crippen LogP contribution < -0.4 is 10.1 Å². The van der Waals surface area contributed by atoms with Crippen molar-refractivity contribution >= 4 is 17.7 Å². The molecule has 7 nitrogen and oxygen atoms in total. The summed E-state index contributed by atoms with van der Waals surface area (Å²) in [6, 6.07) is 9.79. The molecule has 0 bridgehead atoms. The quantitative estimate of drug-likeness (QED) is 0.417. The highest BCUT2D eigenvalue weighted by atomic mass is 19.2. The summed E-state index contributed by atoms with van der Waals surface area (Å²) >= 11 is 0. The Hall–Kier alpha value is -3.20. The predicted octanol–water partition coefficient (Wildman–Crippen LogP) is 5.35. The van der Waals surface area contributed by atoms with E-state index in [4.69, 9.17) is 9.47 Å². The smallest absolute Gasteiger partial charge is 0.333 e. The van der Waals surface area contributed by atoms with E-state index in [2.05, 4.69) is 26.1 Å². The van der Waals surface area contributed by atoms with Gasteiger partial charge in [0.05, 0.1) is 6.54 Å². The number of hydrogen-bond acceptors (Lipinski definition) is 4. The molecule has 0 aromatic heterocycles. The zero-order valence-electron chi connectivity index (χ0n) is 20.6. The maximum Gasteiger partial charge on any atom is 0.333 e. The van der Waals surface area contributed by atoms with Crippen LogP contribution in [0.3, 0.4) is 0 Å². The van der Waals surface area contributed by atoms with E-state index in [0.29, 0.717) is 18.9 Å². The number of ether oxygens (including phenoxy) is 2. The van der Waals surface area contributed by atoms with Crippen molar-refractivity contribution in [2.45, 2.75) is 46.6 Å². The van der Waals surface area contributed by atoms with Gasteiger partial charge >= 0.3 is 12.0 Å². The minimum Gasteiger partial charge on any atom is -0.492 e. The molecule has 1 atom stereocenters. The number of anilines is 1. The SMILES string of the molecule is CCOC(Cc1ccc(OCCN(CCC(C)(C)C)C(=O)Nc2ccc(F)c(F)c2)cc1)C(=O)O. The number of urea groups is 1. The lowest BCUT2D eigenvalue weighted by molar-refractivity contribution is -0.149. The lowest BCUT2D eigenvalue weighted by Gasteiger charge is -2.27. The second-order valence-corrected chi connectivity index (χ2v) is 9.34. The third-order valence-electron chi connectivity index (χ3n) is 5.21. The van der Waals surface area contributed by atoms with E-state index in [9.17, 15) is 23.5 Å². The fourth-order valence-electron chi connectivity index (χ4n) is 3.19. The number of aliphatic carboxylic acids is 1. The molecule has 0 aliphatic rings. The maximum atomic E-state index is 13.5. The summed E-state index contributed by atoms with van der Waals surface area (Å²) < 4.78 is 37.7. The van der Waals surface area contributed by atoms with Crippen LogP contribution in [0.15, 0.2) is 42.5 Å². The van der Waals surface area contributed by atoms with Gasteiger partial charge in [0.1, 0.15) is 12.4 Å². The molecule has 0 spiro atoms. The van der Waals surface area contributed by atoms with Crippen LogP contribution in [0.4, 0.5) is 19.3 Å². The molecule has 0 heterocycles. The van der Waals surface area contributed by atoms with Gasteiger partial charge in [0.2, 0.25) is 0 Å². The molecule has 2 aromatic carbocycles. The van der Waals surface area contributed by atoms with Crippen LogP contribution in [0.25, 0.3) is 0 Å². The van der Waals surface area contributed by atoms with Crippen LogP contribution >= 0.6 is 0 Å². The first-order valence-electron chi connectivity index (χ1n) is 11.6. The first-order chi connectivity index (χ1) is 16.5. The Morgan fingerprint density at radius 1 is 1.06 bits per heavy atom. The Kier molecular flexibility index (Phi) is 10.4. The number of carboxylic acids is 1. The molecule has 9 heteroatoms. The van der Waals surface area contributed by atoms with Crippen molar-refractivity contribution in [3.63, 3.8) is 0 Å². The number of benzene rings is 2. The molecule has 0 radical (unpaired) electrons. The van der Waals surface area contributed by atoms with Gasteiger partial charge in [0, 0.05) is 31.3 Å². The highest BCUT2D eigenvalue weighted by Crippen LogP contribution is 2.20. The number of nitrogens with one attached hydrogen (secondary N) is 1. The molecule has 2 N–H and O–H groups in total. The highest BCUT2D eigenvalue weighted by Gasteiger charge is 2.19. The van der Waals surface area contributed by atoms with E-state index in [0.717, 1.165) is 24.1 Å². The van der Waals surface area contributed by atoms with Crippen LogP contribution in [-0.4, -0.2) is 54.4 Å². The van der Waals surface area contributed by atoms with Crippen LogP contribution in [0.5, 0.6) is 5.75 Å². The zero-order valence-corrected chi connectivity index (χ0v) is 20.6. The topological polar surface area (TPSA) is 88.1 Å². The molecular weight excluding hydrogens is 458 g/mol. The minimum absolute atomic E-state index is 0.00744. The van der Waals surface area contributed by atoms with E-state index in [-0.39, 0.29) is 30.7 Å². The zero-order chi connectivity index (χ0) is 26.0. The average molecular weight is 493 g/mol. The molecule has 2 amide bonds. The fraction of sp³-hybridized carbons (Fsp3) is 0.462. The van der Waals surface area contributed by atoms with Gasteiger partial charge in [-0.05, 0) is 48.6 Å². The molecule has 0 saturated heterocycles. The molecule has 1 unspecified atom stereocenters. The van der Waals surface area contributed by atoms with Crippen molar-refractivity contribution in [2.24, 2.45) is 5.41 Å². The van der Waals surface area contributed by atoms with E-state index in [1.165, 1.54) is 6.07 Å². The molecule has 0 saturated carbocycles. The molecule has 0 aliphatic carbocycles. The molecule has 2 aromatic rings. The normalized spacial score (nSPS) is 12.2. The number of nitrogens with zero attached hydrogens (tertiary/aromatic N) is 1. The Labute approximate surface area is 205 Å². The van der Waals surface area contributed by atoms with Gasteiger partial charge in [-0.25, -0.2) is 18.4 Å². The first-order valence-corrected chi connectivity index (χ1v) is 11.6. The summed E-state index contributed by atoms with van der Waals surface area (Å²) in [5, 5.41) is 11.8. The van der Waals surface area contributed by atoms with Crippen molar-refractivity contribution in [1.29, 1.82) is 0 Å². The van der Waals surface area contributed by atoms with Gasteiger partial charge in [0.15, 0.2) is 17.7 Å². The lowest BCUT2D eigenvalue weighted by Crippen LogP contribution is -2.39. The molecule has 35 heavy (non-hydrogen) atoms. The summed E-state index contributed by atoms with van der Waals surface area (Å²) in [5.74, 6) is -2.45. The second-order valence-electron chi connectivity index (χ2n) is 9.34. The Morgan fingerprint density at radius 2 is 1.74 bits per heavy atom. The summed E-state index contributed by atoms with van der Waals surface area (Å²) in [6.45, 7) is 9.20. The molecule has 192 valence electrons. The largest absolute Gasteiger partial charge is 0.492 e. The average Bonchev–Trinajstić information content (AvgIpc) is 2.78. The number of carbonyl (C=O) groups excluding carboxylic acids is 1. The lowest BCUT2D eigenvalue weighted by atomic mass is 9.92. The van der Waals surface area contributed by atoms with Gasteiger partial charge in [-0.3, -0.25) is 0 Å². The summed E-state index contributed by atoms with van der Waals surface area (Å²) in [7, 11) is 0. The molecule has 0 aliphatic heterocycles. The van der Waals surface area contributed by atoms with Gasteiger partial charge in [0.25, 0.3) is 0 Å². The van der Waals surface area contributed by atoms with Gasteiger partial charge in [-0.15, -0.1) is 0 Å². The van der Waals surface area contributed by atoms with E-state index >= 15 is 0 Å². The monoisotopic (exact) mass is 492 g/mol. The number of amides is 2. The third kappa shape index (κ3) is 9.90. The summed E-state index contributed by atoms with van der Waals surface area (Å²) in [6.07, 6.45) is 0.0716. The summed E-state index contributed by atoms with van der Waals surface area (Å²) in [5.41, 5.74) is 0.959. The van der Waals surface area contributed by atoms with Crippen molar-refractivity contribution in [3.8, 4) is 5.75 Å².